The SMILES string of the molecule is CC(CC1COCCN1)Nc1ccccc1Cl. The van der Waals surface area contributed by atoms with Gasteiger partial charge in [0.25, 0.3) is 0 Å². The highest BCUT2D eigenvalue weighted by molar-refractivity contribution is 6.33. The van der Waals surface area contributed by atoms with Gasteiger partial charge in [-0.3, -0.25) is 0 Å². The lowest BCUT2D eigenvalue weighted by molar-refractivity contribution is 0.0731. The molecule has 0 bridgehead atoms. The van der Waals surface area contributed by atoms with Crippen molar-refractivity contribution in [2.24, 2.45) is 0 Å². The number of ether oxygens (including phenoxy) is 1. The number of hydrogen-bond donors (Lipinski definition) is 2. The van der Waals surface area contributed by atoms with Crippen molar-refractivity contribution in [3.05, 3.63) is 29.3 Å². The summed E-state index contributed by atoms with van der Waals surface area (Å²) in [7, 11) is 0. The van der Waals surface area contributed by atoms with Crippen LogP contribution in [-0.4, -0.2) is 31.8 Å². The Kier molecular flexibility index (Phi) is 4.66. The number of hydrogen-bond acceptors (Lipinski definition) is 3. The molecule has 1 fully saturated rings. The first-order valence-corrected chi connectivity index (χ1v) is 6.45. The van der Waals surface area contributed by atoms with E-state index in [9.17, 15) is 0 Å². The third-order valence-electron chi connectivity index (χ3n) is 2.91. The van der Waals surface area contributed by atoms with Gasteiger partial charge in [0, 0.05) is 18.6 Å². The lowest BCUT2D eigenvalue weighted by atomic mass is 10.1. The number of rotatable bonds is 4. The molecule has 2 N–H and O–H groups in total. The van der Waals surface area contributed by atoms with Gasteiger partial charge in [-0.1, -0.05) is 23.7 Å². The van der Waals surface area contributed by atoms with Crippen molar-refractivity contribution in [3.63, 3.8) is 0 Å². The van der Waals surface area contributed by atoms with Crippen molar-refractivity contribution in [3.8, 4) is 0 Å². The summed E-state index contributed by atoms with van der Waals surface area (Å²) in [5.74, 6) is 0. The average Bonchev–Trinajstić information content (AvgIpc) is 2.33. The second kappa shape index (κ2) is 6.24. The highest BCUT2D eigenvalue weighted by atomic mass is 35.5. The topological polar surface area (TPSA) is 33.3 Å². The van der Waals surface area contributed by atoms with Crippen molar-refractivity contribution in [2.45, 2.75) is 25.4 Å². The predicted molar refractivity (Wildman–Crippen MR) is 71.8 cm³/mol. The van der Waals surface area contributed by atoms with Crippen LogP contribution in [0.25, 0.3) is 0 Å². The predicted octanol–water partition coefficient (Wildman–Crippen LogP) is 2.52. The van der Waals surface area contributed by atoms with E-state index in [1.165, 1.54) is 0 Å². The Morgan fingerprint density at radius 1 is 1.53 bits per heavy atom. The lowest BCUT2D eigenvalue weighted by Gasteiger charge is -2.27. The molecule has 0 saturated carbocycles. The molecule has 1 aromatic rings. The fraction of sp³-hybridized carbons (Fsp3) is 0.538. The van der Waals surface area contributed by atoms with Gasteiger partial charge in [0.05, 0.1) is 23.9 Å². The third kappa shape index (κ3) is 3.87. The molecule has 2 unspecified atom stereocenters. The van der Waals surface area contributed by atoms with E-state index in [1.54, 1.807) is 0 Å². The van der Waals surface area contributed by atoms with E-state index in [4.69, 9.17) is 16.3 Å². The smallest absolute Gasteiger partial charge is 0.0637 e. The molecule has 4 heteroatoms. The summed E-state index contributed by atoms with van der Waals surface area (Å²) >= 11 is 6.11. The maximum absolute atomic E-state index is 6.11. The lowest BCUT2D eigenvalue weighted by Crippen LogP contribution is -2.43. The van der Waals surface area contributed by atoms with Crippen LogP contribution >= 0.6 is 11.6 Å². The number of nitrogens with one attached hydrogen (secondary N) is 2. The zero-order valence-corrected chi connectivity index (χ0v) is 10.8. The fourth-order valence-corrected chi connectivity index (χ4v) is 2.29. The summed E-state index contributed by atoms with van der Waals surface area (Å²) in [5.41, 5.74) is 0.999. The zero-order valence-electron chi connectivity index (χ0n) is 10.1. The van der Waals surface area contributed by atoms with Gasteiger partial charge in [0.2, 0.25) is 0 Å². The molecule has 2 atom stereocenters. The van der Waals surface area contributed by atoms with Crippen molar-refractivity contribution in [1.29, 1.82) is 0 Å². The Labute approximate surface area is 107 Å². The second-order valence-corrected chi connectivity index (χ2v) is 4.89. The van der Waals surface area contributed by atoms with E-state index in [0.717, 1.165) is 36.9 Å². The highest BCUT2D eigenvalue weighted by Gasteiger charge is 2.16. The Morgan fingerprint density at radius 3 is 3.06 bits per heavy atom. The summed E-state index contributed by atoms with van der Waals surface area (Å²) in [5, 5.41) is 7.65. The van der Waals surface area contributed by atoms with Crippen molar-refractivity contribution < 1.29 is 4.74 Å². The summed E-state index contributed by atoms with van der Waals surface area (Å²) in [6.07, 6.45) is 1.03. The Balaban J connectivity index is 1.84. The minimum absolute atomic E-state index is 0.370. The van der Waals surface area contributed by atoms with Gasteiger partial charge in [-0.25, -0.2) is 0 Å². The van der Waals surface area contributed by atoms with E-state index >= 15 is 0 Å². The molecule has 2 rings (SSSR count). The van der Waals surface area contributed by atoms with Crippen molar-refractivity contribution >= 4 is 17.3 Å². The maximum Gasteiger partial charge on any atom is 0.0637 e. The fourth-order valence-electron chi connectivity index (χ4n) is 2.10. The van der Waals surface area contributed by atoms with Crippen molar-refractivity contribution in [2.75, 3.05) is 25.1 Å². The molecule has 0 aliphatic carbocycles. The van der Waals surface area contributed by atoms with Crippen LogP contribution in [0.4, 0.5) is 5.69 Å². The van der Waals surface area contributed by atoms with Crippen LogP contribution in [0.5, 0.6) is 0 Å². The van der Waals surface area contributed by atoms with Crippen LogP contribution < -0.4 is 10.6 Å². The largest absolute Gasteiger partial charge is 0.381 e. The van der Waals surface area contributed by atoms with Gasteiger partial charge in [0.1, 0.15) is 0 Å². The van der Waals surface area contributed by atoms with Crippen LogP contribution in [0, 0.1) is 0 Å². The monoisotopic (exact) mass is 254 g/mol. The van der Waals surface area contributed by atoms with Crippen LogP contribution in [0.3, 0.4) is 0 Å². The van der Waals surface area contributed by atoms with Crippen LogP contribution in [0.2, 0.25) is 5.02 Å². The van der Waals surface area contributed by atoms with Crippen LogP contribution in [0.1, 0.15) is 13.3 Å². The minimum atomic E-state index is 0.370. The van der Waals surface area contributed by atoms with Gasteiger partial charge in [0.15, 0.2) is 0 Å². The minimum Gasteiger partial charge on any atom is -0.381 e. The molecule has 1 heterocycles. The van der Waals surface area contributed by atoms with Gasteiger partial charge in [-0.15, -0.1) is 0 Å². The Hall–Kier alpha value is -0.770. The van der Waals surface area contributed by atoms with Gasteiger partial charge in [-0.2, -0.15) is 0 Å². The van der Waals surface area contributed by atoms with Crippen molar-refractivity contribution in [1.82, 2.24) is 5.32 Å². The number of benzene rings is 1. The molecule has 94 valence electrons. The molecule has 1 aliphatic rings. The number of morpholine rings is 1. The molecule has 17 heavy (non-hydrogen) atoms. The van der Waals surface area contributed by atoms with E-state index < -0.39 is 0 Å². The van der Waals surface area contributed by atoms with Gasteiger partial charge in [-0.05, 0) is 25.5 Å². The van der Waals surface area contributed by atoms with Crippen LogP contribution in [0.15, 0.2) is 24.3 Å². The standard InChI is InChI=1S/C13H19ClN2O/c1-10(8-11-9-17-7-6-15-11)16-13-5-3-2-4-12(13)14/h2-5,10-11,15-16H,6-9H2,1H3. The molecule has 3 nitrogen and oxygen atoms in total. The number of para-hydroxylation sites is 1. The molecule has 1 aliphatic heterocycles. The second-order valence-electron chi connectivity index (χ2n) is 4.49. The zero-order chi connectivity index (χ0) is 12.1. The van der Waals surface area contributed by atoms with E-state index in [0.29, 0.717) is 12.1 Å². The normalized spacial score (nSPS) is 22.1. The first-order chi connectivity index (χ1) is 8.25. The van der Waals surface area contributed by atoms with E-state index in [2.05, 4.69) is 17.6 Å². The van der Waals surface area contributed by atoms with Crippen LogP contribution in [-0.2, 0) is 4.74 Å². The molecule has 0 radical (unpaired) electrons. The molecule has 0 amide bonds. The molecular formula is C13H19ClN2O. The molecule has 1 saturated heterocycles. The molecular weight excluding hydrogens is 236 g/mol. The molecule has 0 aromatic heterocycles. The third-order valence-corrected chi connectivity index (χ3v) is 3.24. The summed E-state index contributed by atoms with van der Waals surface area (Å²) in [6.45, 7) is 4.74. The summed E-state index contributed by atoms with van der Waals surface area (Å²) < 4.78 is 5.44. The summed E-state index contributed by atoms with van der Waals surface area (Å²) in [4.78, 5) is 0. The average molecular weight is 255 g/mol. The molecule has 0 spiro atoms. The Bertz CT molecular complexity index is 353. The molecule has 1 aromatic carbocycles. The maximum atomic E-state index is 6.11. The first kappa shape index (κ1) is 12.7. The Morgan fingerprint density at radius 2 is 2.35 bits per heavy atom. The quantitative estimate of drug-likeness (QED) is 0.866. The number of anilines is 1. The van der Waals surface area contributed by atoms with Gasteiger partial charge >= 0.3 is 0 Å². The number of halogens is 1. The van der Waals surface area contributed by atoms with E-state index in [-0.39, 0.29) is 0 Å². The highest BCUT2D eigenvalue weighted by Crippen LogP contribution is 2.22. The summed E-state index contributed by atoms with van der Waals surface area (Å²) in [6, 6.07) is 8.64. The van der Waals surface area contributed by atoms with E-state index in [1.807, 2.05) is 24.3 Å². The van der Waals surface area contributed by atoms with Gasteiger partial charge < -0.3 is 15.4 Å². The first-order valence-electron chi connectivity index (χ1n) is 6.08.